The number of benzene rings is 1. The summed E-state index contributed by atoms with van der Waals surface area (Å²) in [5.74, 6) is -0.197. The van der Waals surface area contributed by atoms with Crippen molar-refractivity contribution in [1.82, 2.24) is 0 Å². The molecule has 0 aliphatic rings. The van der Waals surface area contributed by atoms with Gasteiger partial charge in [0, 0.05) is 5.69 Å². The number of nitrogens with two attached hydrogens (primary N) is 1. The Hall–Kier alpha value is -2.84. The number of ketones is 1. The van der Waals surface area contributed by atoms with E-state index in [1.165, 1.54) is 11.3 Å². The van der Waals surface area contributed by atoms with Crippen LogP contribution in [0.5, 0.6) is 0 Å². The van der Waals surface area contributed by atoms with Crippen molar-refractivity contribution in [3.8, 4) is 6.07 Å². The quantitative estimate of drug-likeness (QED) is 0.367. The number of rotatable bonds is 5. The van der Waals surface area contributed by atoms with Gasteiger partial charge in [-0.2, -0.15) is 5.26 Å². The molecule has 4 nitrogen and oxygen atoms in total. The van der Waals surface area contributed by atoms with E-state index in [1.54, 1.807) is 6.08 Å². The predicted octanol–water partition coefficient (Wildman–Crippen LogP) is 6.31. The highest BCUT2D eigenvalue weighted by atomic mass is 32.1. The van der Waals surface area contributed by atoms with Crippen LogP contribution in [0.1, 0.15) is 49.4 Å². The molecule has 0 spiro atoms. The van der Waals surface area contributed by atoms with Crippen LogP contribution in [0.2, 0.25) is 0 Å². The summed E-state index contributed by atoms with van der Waals surface area (Å²) in [6.07, 6.45) is 2.31. The lowest BCUT2D eigenvalue weighted by molar-refractivity contribution is 0.103. The van der Waals surface area contributed by atoms with Crippen LogP contribution in [0.3, 0.4) is 0 Å². The highest BCUT2D eigenvalue weighted by Crippen LogP contribution is 2.38. The Morgan fingerprint density at radius 3 is 2.35 bits per heavy atom. The van der Waals surface area contributed by atoms with Crippen molar-refractivity contribution in [2.24, 2.45) is 0 Å². The van der Waals surface area contributed by atoms with Crippen LogP contribution >= 0.6 is 11.3 Å². The van der Waals surface area contributed by atoms with E-state index in [-0.39, 0.29) is 11.5 Å². The minimum absolute atomic E-state index is 0.197. The molecule has 0 fully saturated rings. The zero-order valence-electron chi connectivity index (χ0n) is 15.9. The van der Waals surface area contributed by atoms with Gasteiger partial charge in [-0.05, 0) is 31.1 Å². The van der Waals surface area contributed by atoms with E-state index in [4.69, 9.17) is 5.73 Å². The lowest BCUT2D eigenvalue weighted by atomic mass is 10.1. The fourth-order valence-corrected chi connectivity index (χ4v) is 2.87. The summed E-state index contributed by atoms with van der Waals surface area (Å²) in [5, 5.41) is 13.0. The van der Waals surface area contributed by atoms with Gasteiger partial charge in [0.1, 0.15) is 21.5 Å². The molecular weight excluding hydrogens is 342 g/mol. The molecule has 0 saturated heterocycles. The van der Waals surface area contributed by atoms with Gasteiger partial charge in [-0.1, -0.05) is 51.6 Å². The lowest BCUT2D eigenvalue weighted by Gasteiger charge is -2.03. The number of para-hydroxylation sites is 1. The first kappa shape index (κ1) is 23.2. The zero-order valence-corrected chi connectivity index (χ0v) is 16.7. The summed E-state index contributed by atoms with van der Waals surface area (Å²) in [4.78, 5) is 12.6. The number of nitriles is 1. The van der Waals surface area contributed by atoms with E-state index in [1.807, 2.05) is 58.0 Å². The van der Waals surface area contributed by atoms with Crippen LogP contribution in [0.25, 0.3) is 0 Å². The molecule has 0 bridgehead atoms. The molecule has 2 rings (SSSR count). The third-order valence-corrected chi connectivity index (χ3v) is 4.16. The first-order chi connectivity index (χ1) is 12.5. The summed E-state index contributed by atoms with van der Waals surface area (Å²) < 4.78 is 0. The number of nitrogens with zero attached hydrogens (tertiary/aromatic N) is 1. The number of allylic oxidation sites excluding steroid dienone is 2. The molecule has 0 unspecified atom stereocenters. The van der Waals surface area contributed by atoms with Crippen LogP contribution in [-0.2, 0) is 0 Å². The van der Waals surface area contributed by atoms with Gasteiger partial charge in [0.15, 0.2) is 0 Å². The average molecular weight is 370 g/mol. The molecular formula is C21H27N3OS. The SMILES string of the molecule is C=C(CC)C(=O)c1sc(Nc2ccccc2)c(C#N)c1N.C=CC.CC. The fraction of sp³-hybridized carbons (Fsp3) is 0.238. The first-order valence-electron chi connectivity index (χ1n) is 8.44. The van der Waals surface area contributed by atoms with Gasteiger partial charge < -0.3 is 11.1 Å². The van der Waals surface area contributed by atoms with E-state index in [9.17, 15) is 10.1 Å². The summed E-state index contributed by atoms with van der Waals surface area (Å²) in [5.41, 5.74) is 7.79. The number of hydrogen-bond acceptors (Lipinski definition) is 5. The number of carbonyl (C=O) groups is 1. The molecule has 0 saturated carbocycles. The molecule has 5 heteroatoms. The van der Waals surface area contributed by atoms with E-state index >= 15 is 0 Å². The van der Waals surface area contributed by atoms with Crippen molar-refractivity contribution in [2.45, 2.75) is 34.1 Å². The van der Waals surface area contributed by atoms with Gasteiger partial charge >= 0.3 is 0 Å². The number of Topliss-reactive ketones (excluding diaryl/α,β-unsaturated/α-hetero) is 1. The van der Waals surface area contributed by atoms with Crippen LogP contribution in [0, 0.1) is 11.3 Å². The van der Waals surface area contributed by atoms with E-state index in [2.05, 4.69) is 24.5 Å². The Kier molecular flexibility index (Phi) is 11.1. The molecule has 0 aliphatic heterocycles. The minimum atomic E-state index is -0.197. The average Bonchev–Trinajstić information content (AvgIpc) is 2.98. The zero-order chi connectivity index (χ0) is 20.1. The molecule has 0 radical (unpaired) electrons. The van der Waals surface area contributed by atoms with E-state index in [0.29, 0.717) is 27.4 Å². The number of carbonyl (C=O) groups excluding carboxylic acids is 1. The molecule has 26 heavy (non-hydrogen) atoms. The third kappa shape index (κ3) is 6.23. The maximum absolute atomic E-state index is 12.2. The predicted molar refractivity (Wildman–Crippen MR) is 114 cm³/mol. The number of nitrogens with one attached hydrogen (secondary N) is 1. The van der Waals surface area contributed by atoms with Crippen molar-refractivity contribution in [3.63, 3.8) is 0 Å². The van der Waals surface area contributed by atoms with Crippen LogP contribution in [-0.4, -0.2) is 5.78 Å². The molecule has 0 amide bonds. The second kappa shape index (κ2) is 12.5. The van der Waals surface area contributed by atoms with Gasteiger partial charge in [0.25, 0.3) is 0 Å². The largest absolute Gasteiger partial charge is 0.396 e. The van der Waals surface area contributed by atoms with Crippen molar-refractivity contribution in [3.05, 3.63) is 65.6 Å². The second-order valence-corrected chi connectivity index (χ2v) is 5.87. The van der Waals surface area contributed by atoms with Crippen LogP contribution in [0.15, 0.2) is 55.1 Å². The number of anilines is 3. The molecule has 1 aromatic carbocycles. The molecule has 1 heterocycles. The Bertz CT molecular complexity index is 771. The maximum atomic E-state index is 12.2. The lowest BCUT2D eigenvalue weighted by Crippen LogP contribution is -2.02. The van der Waals surface area contributed by atoms with Crippen molar-refractivity contribution in [1.29, 1.82) is 5.26 Å². The molecule has 0 atom stereocenters. The van der Waals surface area contributed by atoms with Crippen molar-refractivity contribution < 1.29 is 4.79 Å². The number of thiophene rings is 1. The van der Waals surface area contributed by atoms with E-state index < -0.39 is 0 Å². The van der Waals surface area contributed by atoms with Gasteiger partial charge in [0.05, 0.1) is 5.69 Å². The summed E-state index contributed by atoms with van der Waals surface area (Å²) in [7, 11) is 0. The second-order valence-electron chi connectivity index (χ2n) is 4.85. The van der Waals surface area contributed by atoms with Crippen LogP contribution in [0.4, 0.5) is 16.4 Å². The van der Waals surface area contributed by atoms with Crippen LogP contribution < -0.4 is 11.1 Å². The maximum Gasteiger partial charge on any atom is 0.200 e. The fourth-order valence-electron chi connectivity index (χ4n) is 1.79. The topological polar surface area (TPSA) is 78.9 Å². The van der Waals surface area contributed by atoms with Gasteiger partial charge in [-0.3, -0.25) is 4.79 Å². The van der Waals surface area contributed by atoms with Crippen molar-refractivity contribution >= 4 is 33.5 Å². The molecule has 2 aromatic rings. The van der Waals surface area contributed by atoms with Gasteiger partial charge in [-0.25, -0.2) is 0 Å². The number of hydrogen-bond donors (Lipinski definition) is 2. The molecule has 1 aromatic heterocycles. The van der Waals surface area contributed by atoms with E-state index in [0.717, 1.165) is 5.69 Å². The Morgan fingerprint density at radius 2 is 1.88 bits per heavy atom. The normalized spacial score (nSPS) is 8.73. The Labute approximate surface area is 160 Å². The monoisotopic (exact) mass is 369 g/mol. The minimum Gasteiger partial charge on any atom is -0.396 e. The molecule has 138 valence electrons. The molecule has 3 N–H and O–H groups in total. The Balaban J connectivity index is 0.00000113. The Morgan fingerprint density at radius 1 is 1.35 bits per heavy atom. The van der Waals surface area contributed by atoms with Crippen molar-refractivity contribution in [2.75, 3.05) is 11.1 Å². The number of nitrogen functional groups attached to an aromatic ring is 1. The highest BCUT2D eigenvalue weighted by Gasteiger charge is 2.22. The molecule has 0 aliphatic carbocycles. The standard InChI is InChI=1S/C16H15N3OS.C3H6.C2H6/c1-3-10(2)14(20)15-13(18)12(9-17)16(21-15)19-11-7-5-4-6-8-11;1-3-2;1-2/h4-8,19H,2-3,18H2,1H3;3H,1H2,2H3;1-2H3. The highest BCUT2D eigenvalue weighted by molar-refractivity contribution is 7.19. The summed E-state index contributed by atoms with van der Waals surface area (Å²) in [6, 6.07) is 11.5. The third-order valence-electron chi connectivity index (χ3n) is 3.04. The van der Waals surface area contributed by atoms with Gasteiger partial charge in [0.2, 0.25) is 5.78 Å². The summed E-state index contributed by atoms with van der Waals surface area (Å²) in [6.45, 7) is 14.8. The summed E-state index contributed by atoms with van der Waals surface area (Å²) >= 11 is 1.19. The van der Waals surface area contributed by atoms with Gasteiger partial charge in [-0.15, -0.1) is 17.9 Å². The first-order valence-corrected chi connectivity index (χ1v) is 9.25. The smallest absolute Gasteiger partial charge is 0.200 e.